The van der Waals surface area contributed by atoms with Gasteiger partial charge in [-0.2, -0.15) is 0 Å². The molecule has 0 bridgehead atoms. The smallest absolute Gasteiger partial charge is 0.195 e. The van der Waals surface area contributed by atoms with E-state index in [1.807, 2.05) is 0 Å². The third-order valence-electron chi connectivity index (χ3n) is 5.05. The van der Waals surface area contributed by atoms with E-state index in [4.69, 9.17) is 5.73 Å². The van der Waals surface area contributed by atoms with Crippen LogP contribution in [-0.2, 0) is 0 Å². The number of hydrogen-bond donors (Lipinski definition) is 1. The molecule has 1 aliphatic rings. The maximum absolute atomic E-state index is 5.81. The first-order chi connectivity index (χ1) is 10.2. The number of amidine groups is 1. The molecule has 0 saturated heterocycles. The third kappa shape index (κ3) is 7.94. The van der Waals surface area contributed by atoms with Gasteiger partial charge in [-0.3, -0.25) is 4.48 Å². The number of hydrogen-bond acceptors (Lipinski definition) is 2. The van der Waals surface area contributed by atoms with Gasteiger partial charge in [-0.25, -0.2) is 4.99 Å². The minimum Gasteiger partial charge on any atom is -1.00 e. The maximum Gasteiger partial charge on any atom is 0.195 e. The number of nitrogens with zero attached hydrogens (tertiary/aromatic N) is 2. The topological polar surface area (TPSA) is 38.4 Å². The molecule has 1 aliphatic heterocycles. The maximum atomic E-state index is 5.81. The van der Waals surface area contributed by atoms with Gasteiger partial charge in [0.05, 0.1) is 19.6 Å². The Bertz CT molecular complexity index is 294. The van der Waals surface area contributed by atoms with E-state index >= 15 is 0 Å². The molecule has 0 aromatic rings. The summed E-state index contributed by atoms with van der Waals surface area (Å²) in [7, 11) is 0. The van der Waals surface area contributed by atoms with E-state index in [9.17, 15) is 0 Å². The van der Waals surface area contributed by atoms with Crippen molar-refractivity contribution in [2.45, 2.75) is 78.1 Å². The Kier molecular flexibility index (Phi) is 13.3. The zero-order valence-electron chi connectivity index (χ0n) is 15.0. The second-order valence-corrected chi connectivity index (χ2v) is 6.72. The molecule has 0 fully saturated rings. The standard InChI is InChI=1S/C18H38N3.ClH/c1-3-4-5-6-7-8-9-10-11-12-15-21(16-13-19)17-14-20-18(21)2;/h3-17,19H2,1-2H3;1H/q+1;/p-1. The Labute approximate surface area is 144 Å². The molecule has 0 aromatic carbocycles. The second-order valence-electron chi connectivity index (χ2n) is 6.72. The molecular weight excluding hydrogens is 294 g/mol. The van der Waals surface area contributed by atoms with Gasteiger partial charge in [0.25, 0.3) is 0 Å². The first-order valence-electron chi connectivity index (χ1n) is 9.33. The van der Waals surface area contributed by atoms with Crippen molar-refractivity contribution in [1.29, 1.82) is 0 Å². The molecule has 0 spiro atoms. The SMILES string of the molecule is CCCCCCCCCCCC[N+]1(CCN)CCN=C1C.[Cl-]. The molecule has 132 valence electrons. The fraction of sp³-hybridized carbons (Fsp3) is 0.944. The lowest BCUT2D eigenvalue weighted by atomic mass is 10.1. The van der Waals surface area contributed by atoms with Crippen LogP contribution in [0.1, 0.15) is 78.1 Å². The molecule has 22 heavy (non-hydrogen) atoms. The fourth-order valence-corrected chi connectivity index (χ4v) is 3.52. The van der Waals surface area contributed by atoms with Crippen molar-refractivity contribution in [3.8, 4) is 0 Å². The van der Waals surface area contributed by atoms with Crippen molar-refractivity contribution >= 4 is 5.84 Å². The fourth-order valence-electron chi connectivity index (χ4n) is 3.52. The molecule has 0 amide bonds. The third-order valence-corrected chi connectivity index (χ3v) is 5.05. The summed E-state index contributed by atoms with van der Waals surface area (Å²) in [6.07, 6.45) is 14.1. The van der Waals surface area contributed by atoms with Crippen molar-refractivity contribution in [3.63, 3.8) is 0 Å². The molecule has 0 aliphatic carbocycles. The molecule has 2 N–H and O–H groups in total. The molecular formula is C18H38ClN3. The number of unbranched alkanes of at least 4 members (excludes halogenated alkanes) is 9. The first-order valence-corrected chi connectivity index (χ1v) is 9.33. The van der Waals surface area contributed by atoms with E-state index in [-0.39, 0.29) is 12.4 Å². The van der Waals surface area contributed by atoms with E-state index in [1.165, 1.54) is 83.1 Å². The number of aliphatic imine (C=N–C) groups is 1. The highest BCUT2D eigenvalue weighted by Crippen LogP contribution is 2.18. The monoisotopic (exact) mass is 331 g/mol. The zero-order chi connectivity index (χ0) is 15.4. The summed E-state index contributed by atoms with van der Waals surface area (Å²) in [4.78, 5) is 4.61. The summed E-state index contributed by atoms with van der Waals surface area (Å²) < 4.78 is 1.08. The molecule has 4 heteroatoms. The van der Waals surface area contributed by atoms with Gasteiger partial charge < -0.3 is 18.1 Å². The molecule has 0 radical (unpaired) electrons. The van der Waals surface area contributed by atoms with Crippen LogP contribution in [0, 0.1) is 0 Å². The van der Waals surface area contributed by atoms with Crippen molar-refractivity contribution in [2.24, 2.45) is 10.7 Å². The molecule has 0 aromatic heterocycles. The summed E-state index contributed by atoms with van der Waals surface area (Å²) in [6, 6.07) is 0. The predicted octanol–water partition coefficient (Wildman–Crippen LogP) is 1.12. The minimum atomic E-state index is 0. The Morgan fingerprint density at radius 2 is 1.45 bits per heavy atom. The van der Waals surface area contributed by atoms with E-state index in [2.05, 4.69) is 18.8 Å². The highest BCUT2D eigenvalue weighted by atomic mass is 35.5. The Morgan fingerprint density at radius 1 is 0.909 bits per heavy atom. The average Bonchev–Trinajstić information content (AvgIpc) is 2.83. The molecule has 1 unspecified atom stereocenters. The average molecular weight is 332 g/mol. The van der Waals surface area contributed by atoms with Gasteiger partial charge in [0, 0.05) is 13.5 Å². The van der Waals surface area contributed by atoms with Gasteiger partial charge in [-0.15, -0.1) is 0 Å². The quantitative estimate of drug-likeness (QED) is 0.398. The summed E-state index contributed by atoms with van der Waals surface area (Å²) in [5.74, 6) is 1.32. The van der Waals surface area contributed by atoms with Gasteiger partial charge in [0.2, 0.25) is 0 Å². The largest absolute Gasteiger partial charge is 1.00 e. The summed E-state index contributed by atoms with van der Waals surface area (Å²) >= 11 is 0. The molecule has 1 heterocycles. The van der Waals surface area contributed by atoms with Crippen LogP contribution in [0.15, 0.2) is 4.99 Å². The lowest BCUT2D eigenvalue weighted by Crippen LogP contribution is -3.00. The first kappa shape index (κ1) is 21.9. The van der Waals surface area contributed by atoms with Gasteiger partial charge >= 0.3 is 0 Å². The van der Waals surface area contributed by atoms with Gasteiger partial charge in [-0.05, 0) is 12.8 Å². The Morgan fingerprint density at radius 3 is 1.91 bits per heavy atom. The van der Waals surface area contributed by atoms with Gasteiger partial charge in [0.1, 0.15) is 6.54 Å². The van der Waals surface area contributed by atoms with Crippen molar-refractivity contribution in [1.82, 2.24) is 0 Å². The normalized spacial score (nSPS) is 20.8. The summed E-state index contributed by atoms with van der Waals surface area (Å²) in [5.41, 5.74) is 5.81. The lowest BCUT2D eigenvalue weighted by molar-refractivity contribution is -0.834. The van der Waals surface area contributed by atoms with E-state index in [0.29, 0.717) is 0 Å². The number of quaternary nitrogens is 1. The number of halogens is 1. The Balaban J connectivity index is 0.00000441. The van der Waals surface area contributed by atoms with Crippen molar-refractivity contribution in [3.05, 3.63) is 0 Å². The highest BCUT2D eigenvalue weighted by molar-refractivity contribution is 5.73. The van der Waals surface area contributed by atoms with Crippen LogP contribution in [0.2, 0.25) is 0 Å². The van der Waals surface area contributed by atoms with Crippen LogP contribution in [0.3, 0.4) is 0 Å². The molecule has 1 rings (SSSR count). The Hall–Kier alpha value is -0.120. The molecule has 3 nitrogen and oxygen atoms in total. The summed E-state index contributed by atoms with van der Waals surface area (Å²) in [6.45, 7) is 9.77. The van der Waals surface area contributed by atoms with Crippen LogP contribution in [-0.4, -0.2) is 43.0 Å². The molecule has 0 saturated carbocycles. The van der Waals surface area contributed by atoms with Crippen molar-refractivity contribution in [2.75, 3.05) is 32.7 Å². The van der Waals surface area contributed by atoms with Crippen LogP contribution in [0.5, 0.6) is 0 Å². The predicted molar refractivity (Wildman–Crippen MR) is 93.7 cm³/mol. The van der Waals surface area contributed by atoms with E-state index in [1.54, 1.807) is 0 Å². The van der Waals surface area contributed by atoms with Gasteiger partial charge in [-0.1, -0.05) is 58.3 Å². The van der Waals surface area contributed by atoms with Gasteiger partial charge in [0.15, 0.2) is 5.84 Å². The van der Waals surface area contributed by atoms with Crippen molar-refractivity contribution < 1.29 is 16.9 Å². The summed E-state index contributed by atoms with van der Waals surface area (Å²) in [5, 5.41) is 0. The highest BCUT2D eigenvalue weighted by Gasteiger charge is 2.33. The van der Waals surface area contributed by atoms with Crippen LogP contribution in [0.25, 0.3) is 0 Å². The number of nitrogens with two attached hydrogens (primary N) is 1. The lowest BCUT2D eigenvalue weighted by Gasteiger charge is -2.33. The van der Waals surface area contributed by atoms with E-state index < -0.39 is 0 Å². The van der Waals surface area contributed by atoms with Crippen LogP contribution < -0.4 is 18.1 Å². The molecule has 1 atom stereocenters. The van der Waals surface area contributed by atoms with Crippen LogP contribution >= 0.6 is 0 Å². The number of rotatable bonds is 13. The zero-order valence-corrected chi connectivity index (χ0v) is 15.7. The van der Waals surface area contributed by atoms with Crippen LogP contribution in [0.4, 0.5) is 0 Å². The second kappa shape index (κ2) is 13.3. The minimum absolute atomic E-state index is 0. The van der Waals surface area contributed by atoms with E-state index in [0.717, 1.165) is 24.1 Å².